The van der Waals surface area contributed by atoms with Crippen molar-refractivity contribution >= 4 is 16.8 Å². The molecule has 0 unspecified atom stereocenters. The van der Waals surface area contributed by atoms with Gasteiger partial charge in [-0.05, 0) is 48.4 Å². The van der Waals surface area contributed by atoms with Gasteiger partial charge in [-0.15, -0.1) is 0 Å². The molecule has 0 atom stereocenters. The van der Waals surface area contributed by atoms with Crippen molar-refractivity contribution in [2.75, 3.05) is 0 Å². The van der Waals surface area contributed by atoms with Gasteiger partial charge in [0, 0.05) is 17.7 Å². The molecule has 0 aliphatic rings. The van der Waals surface area contributed by atoms with Gasteiger partial charge in [-0.25, -0.2) is 9.07 Å². The van der Waals surface area contributed by atoms with Crippen LogP contribution in [-0.2, 0) is 17.8 Å². The maximum absolute atomic E-state index is 13.0. The molecule has 2 rings (SSSR count). The van der Waals surface area contributed by atoms with E-state index in [4.69, 9.17) is 11.6 Å². The third-order valence-electron chi connectivity index (χ3n) is 2.95. The Hall–Kier alpha value is -2.01. The molecule has 0 saturated heterocycles. The van der Waals surface area contributed by atoms with Crippen molar-refractivity contribution in [3.63, 3.8) is 0 Å². The molecule has 21 heavy (non-hydrogen) atoms. The van der Waals surface area contributed by atoms with E-state index in [0.29, 0.717) is 17.8 Å². The lowest BCUT2D eigenvalue weighted by atomic mass is 10.1. The van der Waals surface area contributed by atoms with Crippen LogP contribution < -0.4 is 5.56 Å². The van der Waals surface area contributed by atoms with Crippen LogP contribution in [0.4, 0.5) is 4.39 Å². The van der Waals surface area contributed by atoms with Gasteiger partial charge in [-0.1, -0.05) is 6.92 Å². The number of rotatable bonds is 5. The van der Waals surface area contributed by atoms with Crippen LogP contribution in [0.5, 0.6) is 0 Å². The molecular formula is C15H14ClFN2O2. The van der Waals surface area contributed by atoms with Gasteiger partial charge in [-0.3, -0.25) is 9.59 Å². The standard InChI is InChI=1S/C15H14ClFN2O2/c1-2-7-19-15(21)11(9-14(16)20)8-13(18-19)10-3-5-12(17)6-4-10/h3-6,8H,2,7,9H2,1H3. The molecule has 0 radical (unpaired) electrons. The Labute approximate surface area is 126 Å². The van der Waals surface area contributed by atoms with Gasteiger partial charge in [0.1, 0.15) is 5.82 Å². The number of aryl methyl sites for hydroxylation is 1. The summed E-state index contributed by atoms with van der Waals surface area (Å²) in [6.07, 6.45) is 0.578. The van der Waals surface area contributed by atoms with E-state index in [1.54, 1.807) is 12.1 Å². The van der Waals surface area contributed by atoms with Crippen molar-refractivity contribution in [2.24, 2.45) is 0 Å². The zero-order chi connectivity index (χ0) is 15.4. The minimum Gasteiger partial charge on any atom is -0.281 e. The second-order valence-corrected chi connectivity index (χ2v) is 5.04. The zero-order valence-corrected chi connectivity index (χ0v) is 12.2. The van der Waals surface area contributed by atoms with E-state index in [1.807, 2.05) is 6.92 Å². The van der Waals surface area contributed by atoms with Crippen LogP contribution in [0.2, 0.25) is 0 Å². The van der Waals surface area contributed by atoms with Crippen LogP contribution >= 0.6 is 11.6 Å². The molecule has 0 saturated carbocycles. The zero-order valence-electron chi connectivity index (χ0n) is 11.5. The number of carbonyl (C=O) groups is 1. The average Bonchev–Trinajstić information content (AvgIpc) is 2.43. The molecule has 1 heterocycles. The van der Waals surface area contributed by atoms with Crippen LogP contribution in [0.3, 0.4) is 0 Å². The summed E-state index contributed by atoms with van der Waals surface area (Å²) in [5.74, 6) is -0.350. The maximum Gasteiger partial charge on any atom is 0.270 e. The smallest absolute Gasteiger partial charge is 0.270 e. The maximum atomic E-state index is 13.0. The van der Waals surface area contributed by atoms with E-state index in [9.17, 15) is 14.0 Å². The predicted octanol–water partition coefficient (Wildman–Crippen LogP) is 2.77. The lowest BCUT2D eigenvalue weighted by molar-refractivity contribution is -0.111. The molecule has 0 bridgehead atoms. The van der Waals surface area contributed by atoms with Crippen molar-refractivity contribution in [3.8, 4) is 11.3 Å². The minimum atomic E-state index is -0.605. The second kappa shape index (κ2) is 6.63. The number of halogens is 2. The van der Waals surface area contributed by atoms with E-state index in [1.165, 1.54) is 22.9 Å². The number of aromatic nitrogens is 2. The largest absolute Gasteiger partial charge is 0.281 e. The van der Waals surface area contributed by atoms with Crippen molar-refractivity contribution < 1.29 is 9.18 Å². The van der Waals surface area contributed by atoms with Gasteiger partial charge in [0.15, 0.2) is 0 Å². The summed E-state index contributed by atoms with van der Waals surface area (Å²) in [5.41, 5.74) is 1.15. The monoisotopic (exact) mass is 308 g/mol. The SMILES string of the molecule is CCCn1nc(-c2ccc(F)cc2)cc(CC(=O)Cl)c1=O. The summed E-state index contributed by atoms with van der Waals surface area (Å²) in [7, 11) is 0. The van der Waals surface area contributed by atoms with Crippen molar-refractivity contribution in [1.29, 1.82) is 0 Å². The van der Waals surface area contributed by atoms with Crippen molar-refractivity contribution in [1.82, 2.24) is 9.78 Å². The molecule has 0 spiro atoms. The summed E-state index contributed by atoms with van der Waals surface area (Å²) in [4.78, 5) is 23.2. The fourth-order valence-electron chi connectivity index (χ4n) is 2.00. The van der Waals surface area contributed by atoms with Gasteiger partial charge in [0.05, 0.1) is 12.1 Å². The summed E-state index contributed by atoms with van der Waals surface area (Å²) in [5, 5.41) is 3.65. The molecular weight excluding hydrogens is 295 g/mol. The Morgan fingerprint density at radius 3 is 2.57 bits per heavy atom. The molecule has 0 N–H and O–H groups in total. The first-order chi connectivity index (χ1) is 10.0. The highest BCUT2D eigenvalue weighted by molar-refractivity contribution is 6.63. The topological polar surface area (TPSA) is 52.0 Å². The lowest BCUT2D eigenvalue weighted by Crippen LogP contribution is -2.27. The second-order valence-electron chi connectivity index (χ2n) is 4.62. The Balaban J connectivity index is 2.55. The van der Waals surface area contributed by atoms with Crippen LogP contribution in [0.1, 0.15) is 18.9 Å². The van der Waals surface area contributed by atoms with Crippen LogP contribution in [0.15, 0.2) is 35.1 Å². The molecule has 6 heteroatoms. The third-order valence-corrected chi connectivity index (χ3v) is 3.09. The number of hydrogen-bond donors (Lipinski definition) is 0. The Morgan fingerprint density at radius 1 is 1.33 bits per heavy atom. The van der Waals surface area contributed by atoms with Gasteiger partial charge < -0.3 is 0 Å². The predicted molar refractivity (Wildman–Crippen MR) is 78.7 cm³/mol. The quantitative estimate of drug-likeness (QED) is 0.798. The van der Waals surface area contributed by atoms with E-state index in [0.717, 1.165) is 6.42 Å². The first-order valence-electron chi connectivity index (χ1n) is 6.56. The Kier molecular flexibility index (Phi) is 4.85. The Morgan fingerprint density at radius 2 is 2.00 bits per heavy atom. The molecule has 0 fully saturated rings. The number of hydrogen-bond acceptors (Lipinski definition) is 3. The first-order valence-corrected chi connectivity index (χ1v) is 6.94. The van der Waals surface area contributed by atoms with Gasteiger partial charge >= 0.3 is 0 Å². The summed E-state index contributed by atoms with van der Waals surface area (Å²) < 4.78 is 14.3. The summed E-state index contributed by atoms with van der Waals surface area (Å²) >= 11 is 5.38. The van der Waals surface area contributed by atoms with Gasteiger partial charge in [-0.2, -0.15) is 5.10 Å². The van der Waals surface area contributed by atoms with E-state index < -0.39 is 5.24 Å². The third kappa shape index (κ3) is 3.76. The van der Waals surface area contributed by atoms with Crippen molar-refractivity contribution in [2.45, 2.75) is 26.3 Å². The molecule has 2 aromatic rings. The lowest BCUT2D eigenvalue weighted by Gasteiger charge is -2.09. The molecule has 0 aliphatic heterocycles. The molecule has 1 aromatic carbocycles. The fourth-order valence-corrected chi connectivity index (χ4v) is 2.14. The fraction of sp³-hybridized carbons (Fsp3) is 0.267. The first kappa shape index (κ1) is 15.4. The molecule has 0 amide bonds. The minimum absolute atomic E-state index is 0.152. The molecule has 0 aliphatic carbocycles. The highest BCUT2D eigenvalue weighted by Gasteiger charge is 2.12. The van der Waals surface area contributed by atoms with Gasteiger partial charge in [0.25, 0.3) is 5.56 Å². The number of nitrogens with zero attached hydrogens (tertiary/aromatic N) is 2. The highest BCUT2D eigenvalue weighted by Crippen LogP contribution is 2.17. The molecule has 4 nitrogen and oxygen atoms in total. The summed E-state index contributed by atoms with van der Waals surface area (Å²) in [6, 6.07) is 7.31. The van der Waals surface area contributed by atoms with E-state index in [2.05, 4.69) is 5.10 Å². The van der Waals surface area contributed by atoms with Gasteiger partial charge in [0.2, 0.25) is 5.24 Å². The molecule has 110 valence electrons. The molecule has 1 aromatic heterocycles. The van der Waals surface area contributed by atoms with Crippen LogP contribution in [0.25, 0.3) is 11.3 Å². The van der Waals surface area contributed by atoms with Crippen molar-refractivity contribution in [3.05, 3.63) is 52.1 Å². The normalized spacial score (nSPS) is 10.6. The highest BCUT2D eigenvalue weighted by atomic mass is 35.5. The van der Waals surface area contributed by atoms with E-state index >= 15 is 0 Å². The average molecular weight is 309 g/mol. The van der Waals surface area contributed by atoms with Crippen LogP contribution in [0, 0.1) is 5.82 Å². The Bertz CT molecular complexity index is 711. The van der Waals surface area contributed by atoms with Crippen LogP contribution in [-0.4, -0.2) is 15.0 Å². The number of benzene rings is 1. The summed E-state index contributed by atoms with van der Waals surface area (Å²) in [6.45, 7) is 2.36. The van der Waals surface area contributed by atoms with E-state index in [-0.39, 0.29) is 23.4 Å². The number of carbonyl (C=O) groups excluding carboxylic acids is 1.